The molecule has 1 heterocycles. The van der Waals surface area contributed by atoms with Gasteiger partial charge < -0.3 is 15.2 Å². The minimum atomic E-state index is -0.163. The van der Waals surface area contributed by atoms with Gasteiger partial charge in [0.05, 0.1) is 12.7 Å². The Morgan fingerprint density at radius 2 is 2.28 bits per heavy atom. The third kappa shape index (κ3) is 1.91. The second kappa shape index (κ2) is 4.25. The monoisotopic (exact) mass is 247 g/mol. The van der Waals surface area contributed by atoms with Crippen LogP contribution in [0.5, 0.6) is 5.75 Å². The third-order valence-corrected chi connectivity index (χ3v) is 4.52. The van der Waals surface area contributed by atoms with E-state index >= 15 is 0 Å². The Labute approximate surface area is 108 Å². The lowest BCUT2D eigenvalue weighted by atomic mass is 9.64. The first-order valence-electron chi connectivity index (χ1n) is 6.73. The molecule has 0 saturated heterocycles. The van der Waals surface area contributed by atoms with Crippen molar-refractivity contribution in [3.63, 3.8) is 0 Å². The molecular weight excluding hydrogens is 226 g/mol. The largest absolute Gasteiger partial charge is 0.493 e. The quantitative estimate of drug-likeness (QED) is 0.857. The predicted molar refractivity (Wildman–Crippen MR) is 70.7 cm³/mol. The van der Waals surface area contributed by atoms with Crippen LogP contribution in [0.25, 0.3) is 0 Å². The number of aliphatic hydroxyl groups excluding tert-OH is 1. The summed E-state index contributed by atoms with van der Waals surface area (Å²) >= 11 is 0. The van der Waals surface area contributed by atoms with E-state index in [1.54, 1.807) is 0 Å². The number of hydrogen-bond donors (Lipinski definition) is 2. The summed E-state index contributed by atoms with van der Waals surface area (Å²) in [4.78, 5) is 0. The number of fused-ring (bicyclic) bond motifs is 1. The SMILES string of the molecule is CC1(C)C(O)CC1NCc1ccc2c(c1)CCO2. The predicted octanol–water partition coefficient (Wildman–Crippen LogP) is 1.87. The Hall–Kier alpha value is -1.06. The Morgan fingerprint density at radius 1 is 1.44 bits per heavy atom. The number of aliphatic hydroxyl groups is 1. The molecule has 1 saturated carbocycles. The van der Waals surface area contributed by atoms with Crippen molar-refractivity contribution in [1.29, 1.82) is 0 Å². The van der Waals surface area contributed by atoms with Gasteiger partial charge in [-0.2, -0.15) is 0 Å². The Bertz CT molecular complexity index is 456. The average Bonchev–Trinajstić information content (AvgIpc) is 2.81. The molecule has 3 rings (SSSR count). The van der Waals surface area contributed by atoms with Gasteiger partial charge in [-0.3, -0.25) is 0 Å². The molecule has 1 aliphatic heterocycles. The molecule has 2 atom stereocenters. The molecule has 1 aromatic carbocycles. The molecule has 0 spiro atoms. The Balaban J connectivity index is 1.61. The van der Waals surface area contributed by atoms with Crippen molar-refractivity contribution < 1.29 is 9.84 Å². The van der Waals surface area contributed by atoms with Gasteiger partial charge in [-0.25, -0.2) is 0 Å². The van der Waals surface area contributed by atoms with Crippen LogP contribution in [0.3, 0.4) is 0 Å². The van der Waals surface area contributed by atoms with E-state index in [0.717, 1.165) is 31.7 Å². The smallest absolute Gasteiger partial charge is 0.122 e. The normalized spacial score (nSPS) is 28.4. The first kappa shape index (κ1) is 12.0. The average molecular weight is 247 g/mol. The molecule has 0 aromatic heterocycles. The molecule has 18 heavy (non-hydrogen) atoms. The summed E-state index contributed by atoms with van der Waals surface area (Å²) in [6, 6.07) is 6.84. The van der Waals surface area contributed by atoms with E-state index in [0.29, 0.717) is 6.04 Å². The highest BCUT2D eigenvalue weighted by Gasteiger charge is 2.46. The van der Waals surface area contributed by atoms with Gasteiger partial charge in [0.2, 0.25) is 0 Å². The van der Waals surface area contributed by atoms with E-state index in [1.807, 2.05) is 0 Å². The van der Waals surface area contributed by atoms with Gasteiger partial charge in [0.1, 0.15) is 5.75 Å². The fourth-order valence-electron chi connectivity index (χ4n) is 2.84. The fourth-order valence-corrected chi connectivity index (χ4v) is 2.84. The summed E-state index contributed by atoms with van der Waals surface area (Å²) in [5.41, 5.74) is 2.62. The second-order valence-electron chi connectivity index (χ2n) is 6.05. The number of nitrogens with one attached hydrogen (secondary N) is 1. The van der Waals surface area contributed by atoms with E-state index < -0.39 is 0 Å². The van der Waals surface area contributed by atoms with Crippen molar-refractivity contribution in [2.45, 2.75) is 45.4 Å². The van der Waals surface area contributed by atoms with Crippen LogP contribution >= 0.6 is 0 Å². The van der Waals surface area contributed by atoms with Crippen molar-refractivity contribution in [3.05, 3.63) is 29.3 Å². The summed E-state index contributed by atoms with van der Waals surface area (Å²) < 4.78 is 5.51. The maximum absolute atomic E-state index is 9.71. The van der Waals surface area contributed by atoms with Gasteiger partial charge in [-0.1, -0.05) is 26.0 Å². The first-order chi connectivity index (χ1) is 8.57. The molecular formula is C15H21NO2. The van der Waals surface area contributed by atoms with Crippen molar-refractivity contribution in [2.24, 2.45) is 5.41 Å². The number of ether oxygens (including phenoxy) is 1. The lowest BCUT2D eigenvalue weighted by Crippen LogP contribution is -2.59. The topological polar surface area (TPSA) is 41.5 Å². The summed E-state index contributed by atoms with van der Waals surface area (Å²) in [6.07, 6.45) is 1.72. The van der Waals surface area contributed by atoms with Gasteiger partial charge in [-0.15, -0.1) is 0 Å². The van der Waals surface area contributed by atoms with E-state index in [2.05, 4.69) is 37.4 Å². The molecule has 3 heteroatoms. The Kier molecular flexibility index (Phi) is 2.83. The van der Waals surface area contributed by atoms with Crippen LogP contribution in [-0.2, 0) is 13.0 Å². The highest BCUT2D eigenvalue weighted by Crippen LogP contribution is 2.40. The standard InChI is InChI=1S/C15H21NO2/c1-15(2)13(8-14(15)17)16-9-10-3-4-12-11(7-10)5-6-18-12/h3-4,7,13-14,16-17H,5-6,8-9H2,1-2H3. The molecule has 2 unspecified atom stereocenters. The molecule has 1 aliphatic carbocycles. The van der Waals surface area contributed by atoms with E-state index in [4.69, 9.17) is 4.74 Å². The van der Waals surface area contributed by atoms with Crippen molar-refractivity contribution in [2.75, 3.05) is 6.61 Å². The molecule has 0 radical (unpaired) electrons. The van der Waals surface area contributed by atoms with Crippen LogP contribution in [-0.4, -0.2) is 23.9 Å². The fraction of sp³-hybridized carbons (Fsp3) is 0.600. The van der Waals surface area contributed by atoms with Crippen LogP contribution in [0.15, 0.2) is 18.2 Å². The highest BCUT2D eigenvalue weighted by atomic mass is 16.5. The third-order valence-electron chi connectivity index (χ3n) is 4.52. The molecule has 2 N–H and O–H groups in total. The van der Waals surface area contributed by atoms with Gasteiger partial charge in [-0.05, 0) is 23.6 Å². The zero-order chi connectivity index (χ0) is 12.8. The molecule has 2 aliphatic rings. The van der Waals surface area contributed by atoms with Crippen LogP contribution in [0.1, 0.15) is 31.4 Å². The summed E-state index contributed by atoms with van der Waals surface area (Å²) in [5.74, 6) is 1.04. The molecule has 1 aromatic rings. The number of rotatable bonds is 3. The van der Waals surface area contributed by atoms with E-state index in [-0.39, 0.29) is 11.5 Å². The van der Waals surface area contributed by atoms with Gasteiger partial charge in [0.15, 0.2) is 0 Å². The maximum Gasteiger partial charge on any atom is 0.122 e. The maximum atomic E-state index is 9.71. The molecule has 98 valence electrons. The van der Waals surface area contributed by atoms with Crippen LogP contribution in [0.2, 0.25) is 0 Å². The van der Waals surface area contributed by atoms with Gasteiger partial charge in [0, 0.05) is 24.4 Å². The Morgan fingerprint density at radius 3 is 3.00 bits per heavy atom. The van der Waals surface area contributed by atoms with E-state index in [1.165, 1.54) is 11.1 Å². The molecule has 0 amide bonds. The lowest BCUT2D eigenvalue weighted by Gasteiger charge is -2.49. The zero-order valence-corrected chi connectivity index (χ0v) is 11.1. The highest BCUT2D eigenvalue weighted by molar-refractivity contribution is 5.39. The van der Waals surface area contributed by atoms with Crippen molar-refractivity contribution in [3.8, 4) is 5.75 Å². The zero-order valence-electron chi connectivity index (χ0n) is 11.1. The summed E-state index contributed by atoms with van der Waals surface area (Å²) in [6.45, 7) is 5.92. The molecule has 3 nitrogen and oxygen atoms in total. The number of benzene rings is 1. The van der Waals surface area contributed by atoms with Crippen molar-refractivity contribution >= 4 is 0 Å². The first-order valence-corrected chi connectivity index (χ1v) is 6.73. The second-order valence-corrected chi connectivity index (χ2v) is 6.05. The minimum absolute atomic E-state index is 0.000160. The van der Waals surface area contributed by atoms with Crippen LogP contribution in [0.4, 0.5) is 0 Å². The summed E-state index contributed by atoms with van der Waals surface area (Å²) in [7, 11) is 0. The van der Waals surface area contributed by atoms with Crippen molar-refractivity contribution in [1.82, 2.24) is 5.32 Å². The molecule has 1 fully saturated rings. The summed E-state index contributed by atoms with van der Waals surface area (Å²) in [5, 5.41) is 13.3. The molecule has 0 bridgehead atoms. The van der Waals surface area contributed by atoms with Crippen LogP contribution in [0, 0.1) is 5.41 Å². The van der Waals surface area contributed by atoms with Gasteiger partial charge >= 0.3 is 0 Å². The van der Waals surface area contributed by atoms with E-state index in [9.17, 15) is 5.11 Å². The lowest BCUT2D eigenvalue weighted by molar-refractivity contribution is -0.0729. The van der Waals surface area contributed by atoms with Gasteiger partial charge in [0.25, 0.3) is 0 Å². The van der Waals surface area contributed by atoms with Crippen LogP contribution < -0.4 is 10.1 Å². The number of hydrogen-bond acceptors (Lipinski definition) is 3. The minimum Gasteiger partial charge on any atom is -0.493 e.